The van der Waals surface area contributed by atoms with Crippen LogP contribution in [0.2, 0.25) is 5.02 Å². The molecule has 0 saturated carbocycles. The molecule has 0 unspecified atom stereocenters. The van der Waals surface area contributed by atoms with Crippen molar-refractivity contribution in [3.8, 4) is 28.1 Å². The number of rotatable bonds is 6. The average molecular weight is 475 g/mol. The Kier molecular flexibility index (Phi) is 7.02. The number of nitrogens with one attached hydrogen (secondary N) is 1. The van der Waals surface area contributed by atoms with Crippen molar-refractivity contribution in [1.82, 2.24) is 4.98 Å². The van der Waals surface area contributed by atoms with Crippen LogP contribution in [-0.2, 0) is 0 Å². The van der Waals surface area contributed by atoms with Gasteiger partial charge in [0.05, 0.1) is 17.8 Å². The smallest absolute Gasteiger partial charge is 0.256 e. The van der Waals surface area contributed by atoms with Crippen LogP contribution in [0.1, 0.15) is 15.9 Å². The number of pyridine rings is 1. The van der Waals surface area contributed by atoms with E-state index < -0.39 is 0 Å². The van der Waals surface area contributed by atoms with Gasteiger partial charge in [0, 0.05) is 27.9 Å². The minimum atomic E-state index is -0.194. The van der Waals surface area contributed by atoms with E-state index in [9.17, 15) is 4.79 Å². The van der Waals surface area contributed by atoms with Crippen molar-refractivity contribution in [2.24, 2.45) is 0 Å². The van der Waals surface area contributed by atoms with Gasteiger partial charge >= 0.3 is 0 Å². The Morgan fingerprint density at radius 2 is 1.85 bits per heavy atom. The third-order valence-corrected chi connectivity index (χ3v) is 6.40. The normalized spacial score (nSPS) is 10.7. The van der Waals surface area contributed by atoms with Crippen molar-refractivity contribution >= 4 is 35.0 Å². The van der Waals surface area contributed by atoms with Crippen molar-refractivity contribution < 1.29 is 9.53 Å². The number of aryl methyl sites for hydroxylation is 1. The van der Waals surface area contributed by atoms with Crippen molar-refractivity contribution in [2.45, 2.75) is 11.8 Å². The van der Waals surface area contributed by atoms with Gasteiger partial charge in [-0.3, -0.25) is 9.78 Å². The van der Waals surface area contributed by atoms with E-state index in [1.165, 1.54) is 0 Å². The van der Waals surface area contributed by atoms with Gasteiger partial charge in [0.1, 0.15) is 5.75 Å². The van der Waals surface area contributed by atoms with E-state index in [1.807, 2.05) is 73.8 Å². The second-order valence-corrected chi connectivity index (χ2v) is 8.75. The maximum atomic E-state index is 13.4. The number of carbonyl (C=O) groups excluding carboxylic acids is 1. The number of hydrogen-bond donors (Lipinski definition) is 1. The third-order valence-electron chi connectivity index (χ3n) is 5.34. The molecule has 1 heterocycles. The Morgan fingerprint density at radius 3 is 2.55 bits per heavy atom. The maximum Gasteiger partial charge on any atom is 0.256 e. The highest BCUT2D eigenvalue weighted by Crippen LogP contribution is 2.33. The van der Waals surface area contributed by atoms with Crippen LogP contribution >= 0.6 is 23.4 Å². The van der Waals surface area contributed by atoms with E-state index >= 15 is 0 Å². The van der Waals surface area contributed by atoms with Crippen molar-refractivity contribution in [2.75, 3.05) is 18.7 Å². The molecule has 4 nitrogen and oxygen atoms in total. The highest BCUT2D eigenvalue weighted by Gasteiger charge is 2.16. The average Bonchev–Trinajstić information content (AvgIpc) is 2.85. The summed E-state index contributed by atoms with van der Waals surface area (Å²) in [6, 6.07) is 22.9. The Hall–Kier alpha value is -3.28. The zero-order valence-electron chi connectivity index (χ0n) is 18.6. The van der Waals surface area contributed by atoms with E-state index in [2.05, 4.69) is 10.3 Å². The summed E-state index contributed by atoms with van der Waals surface area (Å²) in [5, 5.41) is 3.60. The lowest BCUT2D eigenvalue weighted by Gasteiger charge is -2.14. The number of aromatic nitrogens is 1. The minimum Gasteiger partial charge on any atom is -0.496 e. The predicted molar refractivity (Wildman–Crippen MR) is 138 cm³/mol. The standard InChI is InChI=1S/C27H23ClN2O2S/c1-17-14-18(7-12-26(17)32-2)22-16-20(33-3)9-10-21(22)27(31)30-19-8-11-24(28)23(15-19)25-6-4-5-13-29-25/h4-16H,1-3H3,(H,30,31). The lowest BCUT2D eigenvalue weighted by Crippen LogP contribution is -2.13. The van der Waals surface area contributed by atoms with Crippen molar-refractivity contribution in [3.63, 3.8) is 0 Å². The largest absolute Gasteiger partial charge is 0.496 e. The first-order valence-corrected chi connectivity index (χ1v) is 12.0. The number of carbonyl (C=O) groups is 1. The highest BCUT2D eigenvalue weighted by atomic mass is 35.5. The second kappa shape index (κ2) is 10.1. The molecule has 1 N–H and O–H groups in total. The predicted octanol–water partition coefficient (Wildman–Crippen LogP) is 7.36. The Balaban J connectivity index is 1.70. The van der Waals surface area contributed by atoms with E-state index in [1.54, 1.807) is 37.2 Å². The van der Waals surface area contributed by atoms with Gasteiger partial charge in [0.2, 0.25) is 0 Å². The van der Waals surface area contributed by atoms with Gasteiger partial charge in [0.15, 0.2) is 0 Å². The molecule has 0 atom stereocenters. The Morgan fingerprint density at radius 1 is 1.00 bits per heavy atom. The summed E-state index contributed by atoms with van der Waals surface area (Å²) in [6.45, 7) is 1.99. The fraction of sp³-hybridized carbons (Fsp3) is 0.111. The number of methoxy groups -OCH3 is 1. The van der Waals surface area contributed by atoms with Gasteiger partial charge in [-0.05, 0) is 90.5 Å². The number of anilines is 1. The van der Waals surface area contributed by atoms with Crippen LogP contribution in [0, 0.1) is 6.92 Å². The second-order valence-electron chi connectivity index (χ2n) is 7.46. The molecule has 0 spiro atoms. The zero-order valence-corrected chi connectivity index (χ0v) is 20.1. The van der Waals surface area contributed by atoms with Gasteiger partial charge in [-0.2, -0.15) is 0 Å². The molecule has 4 aromatic rings. The number of hydrogen-bond acceptors (Lipinski definition) is 4. The fourth-order valence-corrected chi connectivity index (χ4v) is 4.31. The summed E-state index contributed by atoms with van der Waals surface area (Å²) in [7, 11) is 1.65. The third kappa shape index (κ3) is 5.05. The first-order chi connectivity index (χ1) is 16.0. The summed E-state index contributed by atoms with van der Waals surface area (Å²) in [6.07, 6.45) is 3.73. The molecule has 0 saturated heterocycles. The van der Waals surface area contributed by atoms with Crippen LogP contribution in [-0.4, -0.2) is 24.3 Å². The van der Waals surface area contributed by atoms with Crippen LogP contribution in [0.5, 0.6) is 5.75 Å². The zero-order chi connectivity index (χ0) is 23.4. The highest BCUT2D eigenvalue weighted by molar-refractivity contribution is 7.98. The number of benzene rings is 3. The van der Waals surface area contributed by atoms with E-state index in [-0.39, 0.29) is 5.91 Å². The molecule has 6 heteroatoms. The number of thioether (sulfide) groups is 1. The molecule has 1 aromatic heterocycles. The molecule has 0 bridgehead atoms. The lowest BCUT2D eigenvalue weighted by molar-refractivity contribution is 0.102. The van der Waals surface area contributed by atoms with Gasteiger partial charge in [0.25, 0.3) is 5.91 Å². The number of ether oxygens (including phenoxy) is 1. The molecule has 0 aliphatic heterocycles. The fourth-order valence-electron chi connectivity index (χ4n) is 3.65. The van der Waals surface area contributed by atoms with Gasteiger partial charge in [-0.25, -0.2) is 0 Å². The monoisotopic (exact) mass is 474 g/mol. The molecule has 4 rings (SSSR count). The van der Waals surface area contributed by atoms with Crippen molar-refractivity contribution in [1.29, 1.82) is 0 Å². The number of amides is 1. The molecule has 0 fully saturated rings. The Bertz CT molecular complexity index is 1310. The summed E-state index contributed by atoms with van der Waals surface area (Å²) >= 11 is 8.03. The van der Waals surface area contributed by atoms with Gasteiger partial charge in [-0.15, -0.1) is 11.8 Å². The van der Waals surface area contributed by atoms with Gasteiger partial charge < -0.3 is 10.1 Å². The first-order valence-electron chi connectivity index (χ1n) is 10.4. The first kappa shape index (κ1) is 22.9. The molecule has 0 aliphatic rings. The van der Waals surface area contributed by atoms with E-state index in [4.69, 9.17) is 16.3 Å². The van der Waals surface area contributed by atoms with Crippen LogP contribution in [0.3, 0.4) is 0 Å². The molecule has 1 amide bonds. The molecule has 3 aromatic carbocycles. The van der Waals surface area contributed by atoms with Crippen LogP contribution in [0.15, 0.2) is 83.9 Å². The van der Waals surface area contributed by atoms with Crippen molar-refractivity contribution in [3.05, 3.63) is 95.1 Å². The van der Waals surface area contributed by atoms with Gasteiger partial charge in [-0.1, -0.05) is 23.7 Å². The summed E-state index contributed by atoms with van der Waals surface area (Å²) in [5.41, 5.74) is 5.58. The summed E-state index contributed by atoms with van der Waals surface area (Å²) < 4.78 is 5.40. The molecule has 0 radical (unpaired) electrons. The molecule has 0 aliphatic carbocycles. The molecule has 166 valence electrons. The molecular weight excluding hydrogens is 452 g/mol. The Labute approximate surface area is 203 Å². The van der Waals surface area contributed by atoms with Crippen LogP contribution in [0.25, 0.3) is 22.4 Å². The number of nitrogens with zero attached hydrogens (tertiary/aromatic N) is 1. The SMILES string of the molecule is COc1ccc(-c2cc(SC)ccc2C(=O)Nc2ccc(Cl)c(-c3ccccn3)c2)cc1C. The summed E-state index contributed by atoms with van der Waals surface area (Å²) in [4.78, 5) is 18.8. The quantitative estimate of drug-likeness (QED) is 0.296. The maximum absolute atomic E-state index is 13.4. The number of halogens is 1. The minimum absolute atomic E-state index is 0.194. The van der Waals surface area contributed by atoms with E-state index in [0.29, 0.717) is 16.3 Å². The molecule has 33 heavy (non-hydrogen) atoms. The summed E-state index contributed by atoms with van der Waals surface area (Å²) in [5.74, 6) is 0.620. The van der Waals surface area contributed by atoms with Crippen LogP contribution in [0.4, 0.5) is 5.69 Å². The lowest BCUT2D eigenvalue weighted by atomic mass is 9.97. The van der Waals surface area contributed by atoms with E-state index in [0.717, 1.165) is 38.6 Å². The van der Waals surface area contributed by atoms with Crippen LogP contribution < -0.4 is 10.1 Å². The molecular formula is C27H23ClN2O2S. The topological polar surface area (TPSA) is 51.2 Å².